The van der Waals surface area contributed by atoms with Crippen molar-refractivity contribution in [3.05, 3.63) is 35.1 Å². The van der Waals surface area contributed by atoms with E-state index in [4.69, 9.17) is 10.3 Å². The first-order valence-electron chi connectivity index (χ1n) is 7.97. The fourth-order valence-electron chi connectivity index (χ4n) is 3.35. The summed E-state index contributed by atoms with van der Waals surface area (Å²) in [7, 11) is 0. The Morgan fingerprint density at radius 3 is 2.67 bits per heavy atom. The van der Waals surface area contributed by atoms with E-state index in [0.29, 0.717) is 5.82 Å². The lowest BCUT2D eigenvalue weighted by atomic mass is 9.96. The topological polar surface area (TPSA) is 52.0 Å². The zero-order valence-electron chi connectivity index (χ0n) is 13.0. The Balaban J connectivity index is 1.83. The number of nitrogens with two attached hydrogens (primary N) is 1. The van der Waals surface area contributed by atoms with Crippen LogP contribution in [0.5, 0.6) is 0 Å². The highest BCUT2D eigenvalue weighted by Gasteiger charge is 2.20. The maximum atomic E-state index is 6.04. The molecule has 1 aliphatic rings. The molecule has 1 aliphatic carbocycles. The summed E-state index contributed by atoms with van der Waals surface area (Å²) in [5, 5.41) is 3.99. The van der Waals surface area contributed by atoms with Crippen LogP contribution < -0.4 is 5.73 Å². The lowest BCUT2D eigenvalue weighted by Crippen LogP contribution is -1.97. The SMILES string of the molecule is Cc1ccc(-c2c(N)noc2CCC2CCCC2)cc1C. The number of hydrogen-bond donors (Lipinski definition) is 1. The predicted molar refractivity (Wildman–Crippen MR) is 86.1 cm³/mol. The van der Waals surface area contributed by atoms with Crippen molar-refractivity contribution in [1.29, 1.82) is 0 Å². The van der Waals surface area contributed by atoms with Crippen LogP contribution in [0.1, 0.15) is 49.0 Å². The standard InChI is InChI=1S/C18H24N2O/c1-12-7-9-15(11-13(12)2)17-16(21-20-18(17)19)10-8-14-5-3-4-6-14/h7,9,11,14H,3-6,8,10H2,1-2H3,(H2,19,20). The van der Waals surface area contributed by atoms with Gasteiger partial charge in [0, 0.05) is 6.42 Å². The molecule has 2 N–H and O–H groups in total. The van der Waals surface area contributed by atoms with Crippen molar-refractivity contribution < 1.29 is 4.52 Å². The second-order valence-electron chi connectivity index (χ2n) is 6.35. The molecule has 0 spiro atoms. The van der Waals surface area contributed by atoms with Gasteiger partial charge >= 0.3 is 0 Å². The molecule has 3 heteroatoms. The van der Waals surface area contributed by atoms with E-state index >= 15 is 0 Å². The summed E-state index contributed by atoms with van der Waals surface area (Å²) in [6.07, 6.45) is 7.62. The third-order valence-corrected chi connectivity index (χ3v) is 4.84. The lowest BCUT2D eigenvalue weighted by molar-refractivity contribution is 0.370. The first-order chi connectivity index (χ1) is 10.1. The van der Waals surface area contributed by atoms with Gasteiger partial charge in [0.05, 0.1) is 5.56 Å². The van der Waals surface area contributed by atoms with Crippen LogP contribution in [0, 0.1) is 19.8 Å². The second kappa shape index (κ2) is 5.92. The minimum Gasteiger partial charge on any atom is -0.380 e. The summed E-state index contributed by atoms with van der Waals surface area (Å²) in [5.74, 6) is 2.31. The number of aryl methyl sites for hydroxylation is 3. The monoisotopic (exact) mass is 284 g/mol. The van der Waals surface area contributed by atoms with E-state index in [-0.39, 0.29) is 0 Å². The summed E-state index contributed by atoms with van der Waals surface area (Å²) < 4.78 is 5.50. The molecule has 0 bridgehead atoms. The summed E-state index contributed by atoms with van der Waals surface area (Å²) in [6.45, 7) is 4.25. The van der Waals surface area contributed by atoms with Crippen LogP contribution in [0.2, 0.25) is 0 Å². The Labute approximate surface area is 126 Å². The molecule has 112 valence electrons. The molecule has 0 saturated heterocycles. The van der Waals surface area contributed by atoms with Crippen LogP contribution in [0.4, 0.5) is 5.82 Å². The molecule has 0 radical (unpaired) electrons. The van der Waals surface area contributed by atoms with Gasteiger partial charge < -0.3 is 10.3 Å². The van der Waals surface area contributed by atoms with E-state index in [9.17, 15) is 0 Å². The predicted octanol–water partition coefficient (Wildman–Crippen LogP) is 4.66. The maximum Gasteiger partial charge on any atom is 0.175 e. The molecular formula is C18H24N2O. The van der Waals surface area contributed by atoms with E-state index in [1.807, 2.05) is 0 Å². The highest BCUT2D eigenvalue weighted by Crippen LogP contribution is 2.34. The van der Waals surface area contributed by atoms with Crippen molar-refractivity contribution >= 4 is 5.82 Å². The number of rotatable bonds is 4. The first kappa shape index (κ1) is 14.2. The number of hydrogen-bond acceptors (Lipinski definition) is 3. The maximum absolute atomic E-state index is 6.04. The molecule has 0 atom stereocenters. The molecule has 3 nitrogen and oxygen atoms in total. The Kier molecular flexibility index (Phi) is 4.00. The van der Waals surface area contributed by atoms with Gasteiger partial charge in [-0.3, -0.25) is 0 Å². The Bertz CT molecular complexity index is 624. The van der Waals surface area contributed by atoms with Gasteiger partial charge in [-0.05, 0) is 42.9 Å². The zero-order chi connectivity index (χ0) is 14.8. The molecule has 1 aromatic carbocycles. The summed E-state index contributed by atoms with van der Waals surface area (Å²) in [6, 6.07) is 6.43. The molecule has 3 rings (SSSR count). The number of benzene rings is 1. The summed E-state index contributed by atoms with van der Waals surface area (Å²) >= 11 is 0. The van der Waals surface area contributed by atoms with Crippen LogP contribution in [0.15, 0.2) is 22.7 Å². The number of nitrogens with zero attached hydrogens (tertiary/aromatic N) is 1. The fourth-order valence-corrected chi connectivity index (χ4v) is 3.35. The van der Waals surface area contributed by atoms with E-state index in [2.05, 4.69) is 37.2 Å². The molecule has 1 fully saturated rings. The van der Waals surface area contributed by atoms with Gasteiger partial charge in [-0.15, -0.1) is 0 Å². The number of anilines is 1. The fraction of sp³-hybridized carbons (Fsp3) is 0.500. The van der Waals surface area contributed by atoms with Crippen molar-refractivity contribution in [3.8, 4) is 11.1 Å². The molecule has 0 unspecified atom stereocenters. The summed E-state index contributed by atoms with van der Waals surface area (Å²) in [5.41, 5.74) is 10.7. The number of nitrogen functional groups attached to an aromatic ring is 1. The highest BCUT2D eigenvalue weighted by atomic mass is 16.5. The van der Waals surface area contributed by atoms with Crippen LogP contribution in [-0.4, -0.2) is 5.16 Å². The second-order valence-corrected chi connectivity index (χ2v) is 6.35. The minimum absolute atomic E-state index is 0.514. The third-order valence-electron chi connectivity index (χ3n) is 4.84. The highest BCUT2D eigenvalue weighted by molar-refractivity contribution is 5.76. The van der Waals surface area contributed by atoms with Crippen molar-refractivity contribution in [3.63, 3.8) is 0 Å². The van der Waals surface area contributed by atoms with Crippen LogP contribution in [0.25, 0.3) is 11.1 Å². The lowest BCUT2D eigenvalue weighted by Gasteiger charge is -2.09. The van der Waals surface area contributed by atoms with Gasteiger partial charge in [0.1, 0.15) is 5.76 Å². The molecule has 1 saturated carbocycles. The quantitative estimate of drug-likeness (QED) is 0.888. The van der Waals surface area contributed by atoms with Crippen molar-refractivity contribution in [2.75, 3.05) is 5.73 Å². The van der Waals surface area contributed by atoms with E-state index in [1.54, 1.807) is 0 Å². The molecule has 1 aromatic heterocycles. The van der Waals surface area contributed by atoms with Gasteiger partial charge in [0.2, 0.25) is 0 Å². The van der Waals surface area contributed by atoms with Crippen LogP contribution in [0.3, 0.4) is 0 Å². The largest absolute Gasteiger partial charge is 0.380 e. The van der Waals surface area contributed by atoms with E-state index in [1.165, 1.54) is 43.2 Å². The van der Waals surface area contributed by atoms with E-state index < -0.39 is 0 Å². The van der Waals surface area contributed by atoms with Gasteiger partial charge in [-0.25, -0.2) is 0 Å². The number of aromatic nitrogens is 1. The molecule has 2 aromatic rings. The smallest absolute Gasteiger partial charge is 0.175 e. The third kappa shape index (κ3) is 2.97. The Hall–Kier alpha value is -1.77. The Morgan fingerprint density at radius 2 is 1.95 bits per heavy atom. The zero-order valence-corrected chi connectivity index (χ0v) is 13.0. The average Bonchev–Trinajstić information content (AvgIpc) is 3.09. The minimum atomic E-state index is 0.514. The molecule has 0 amide bonds. The molecule has 0 aliphatic heterocycles. The van der Waals surface area contributed by atoms with Crippen LogP contribution >= 0.6 is 0 Å². The molecule has 21 heavy (non-hydrogen) atoms. The molecule has 1 heterocycles. The van der Waals surface area contributed by atoms with Gasteiger partial charge in [-0.2, -0.15) is 0 Å². The van der Waals surface area contributed by atoms with Gasteiger partial charge in [-0.1, -0.05) is 49.0 Å². The first-order valence-corrected chi connectivity index (χ1v) is 7.97. The molecular weight excluding hydrogens is 260 g/mol. The normalized spacial score (nSPS) is 15.7. The van der Waals surface area contributed by atoms with Gasteiger partial charge in [0.25, 0.3) is 0 Å². The van der Waals surface area contributed by atoms with Crippen molar-refractivity contribution in [2.45, 2.75) is 52.4 Å². The Morgan fingerprint density at radius 1 is 1.19 bits per heavy atom. The van der Waals surface area contributed by atoms with E-state index in [0.717, 1.165) is 29.2 Å². The van der Waals surface area contributed by atoms with Crippen LogP contribution in [-0.2, 0) is 6.42 Å². The van der Waals surface area contributed by atoms with Crippen molar-refractivity contribution in [2.24, 2.45) is 5.92 Å². The van der Waals surface area contributed by atoms with Crippen molar-refractivity contribution in [1.82, 2.24) is 5.16 Å². The summed E-state index contributed by atoms with van der Waals surface area (Å²) in [4.78, 5) is 0. The van der Waals surface area contributed by atoms with Gasteiger partial charge in [0.15, 0.2) is 5.82 Å². The average molecular weight is 284 g/mol.